The molecule has 1 fully saturated rings. The highest BCUT2D eigenvalue weighted by molar-refractivity contribution is 7.89. The quantitative estimate of drug-likeness (QED) is 0.648. The van der Waals surface area contributed by atoms with E-state index in [1.807, 2.05) is 38.1 Å². The Morgan fingerprint density at radius 3 is 2.39 bits per heavy atom. The smallest absolute Gasteiger partial charge is 0.251 e. The first kappa shape index (κ1) is 23.4. The first-order chi connectivity index (χ1) is 14.7. The van der Waals surface area contributed by atoms with Crippen LogP contribution in [-0.4, -0.2) is 63.2 Å². The second kappa shape index (κ2) is 10.3. The van der Waals surface area contributed by atoms with E-state index in [2.05, 4.69) is 10.2 Å². The average Bonchev–Trinajstić information content (AvgIpc) is 2.74. The van der Waals surface area contributed by atoms with Crippen molar-refractivity contribution in [2.75, 3.05) is 43.4 Å². The fourth-order valence-electron chi connectivity index (χ4n) is 3.38. The molecule has 0 aromatic heterocycles. The van der Waals surface area contributed by atoms with E-state index in [4.69, 9.17) is 16.3 Å². The van der Waals surface area contributed by atoms with Crippen molar-refractivity contribution in [1.29, 1.82) is 0 Å². The molecule has 1 aliphatic rings. The summed E-state index contributed by atoms with van der Waals surface area (Å²) in [4.78, 5) is 14.4. The molecule has 1 aliphatic heterocycles. The first-order valence-electron chi connectivity index (χ1n) is 10.3. The zero-order chi connectivity index (χ0) is 22.4. The van der Waals surface area contributed by atoms with Crippen LogP contribution in [0.3, 0.4) is 0 Å². The summed E-state index contributed by atoms with van der Waals surface area (Å²) in [6.45, 7) is 5.91. The number of amides is 1. The number of sulfonamides is 1. The zero-order valence-corrected chi connectivity index (χ0v) is 19.3. The normalized spacial score (nSPS) is 15.2. The molecule has 0 aliphatic carbocycles. The van der Waals surface area contributed by atoms with E-state index in [9.17, 15) is 13.2 Å². The van der Waals surface area contributed by atoms with Crippen LogP contribution in [-0.2, 0) is 10.0 Å². The van der Waals surface area contributed by atoms with Gasteiger partial charge in [0.25, 0.3) is 5.91 Å². The van der Waals surface area contributed by atoms with Crippen LogP contribution >= 0.6 is 11.6 Å². The van der Waals surface area contributed by atoms with Crippen LogP contribution in [0.5, 0.6) is 5.75 Å². The molecule has 3 rings (SSSR count). The molecule has 2 aromatic carbocycles. The van der Waals surface area contributed by atoms with Gasteiger partial charge in [0.1, 0.15) is 5.75 Å². The molecule has 2 aromatic rings. The van der Waals surface area contributed by atoms with Crippen LogP contribution in [0.15, 0.2) is 48.5 Å². The van der Waals surface area contributed by atoms with Crippen molar-refractivity contribution in [2.45, 2.75) is 20.0 Å². The molecule has 1 saturated heterocycles. The summed E-state index contributed by atoms with van der Waals surface area (Å²) in [5, 5.41) is 3.34. The van der Waals surface area contributed by atoms with Gasteiger partial charge in [-0.05, 0) is 56.3 Å². The maximum Gasteiger partial charge on any atom is 0.251 e. The summed E-state index contributed by atoms with van der Waals surface area (Å²) in [6.07, 6.45) is 0.0530. The van der Waals surface area contributed by atoms with Gasteiger partial charge in [0.05, 0.1) is 11.9 Å². The number of nitrogens with zero attached hydrogens (tertiary/aromatic N) is 2. The van der Waals surface area contributed by atoms with Crippen molar-refractivity contribution in [3.63, 3.8) is 0 Å². The molecular formula is C22H28ClN3O4S. The highest BCUT2D eigenvalue weighted by atomic mass is 35.5. The topological polar surface area (TPSA) is 78.9 Å². The number of benzene rings is 2. The number of nitrogens with one attached hydrogen (secondary N) is 1. The van der Waals surface area contributed by atoms with E-state index in [1.54, 1.807) is 24.3 Å². The number of carbonyl (C=O) groups excluding carboxylic acids is 1. The lowest BCUT2D eigenvalue weighted by Crippen LogP contribution is -2.50. The molecule has 1 N–H and O–H groups in total. The number of carbonyl (C=O) groups is 1. The standard InChI is InChI=1S/C22H28ClN3O4S/c1-17(2)30-21-8-6-18(7-9-21)22(27)24-10-15-31(28,29)26-13-11-25(12-14-26)20-5-3-4-19(23)16-20/h3-9,16-17H,10-15H2,1-2H3,(H,24,27). The Morgan fingerprint density at radius 2 is 1.77 bits per heavy atom. The van der Waals surface area contributed by atoms with E-state index in [1.165, 1.54) is 4.31 Å². The molecule has 1 heterocycles. The summed E-state index contributed by atoms with van der Waals surface area (Å²) in [6, 6.07) is 14.3. The highest BCUT2D eigenvalue weighted by Crippen LogP contribution is 2.21. The SMILES string of the molecule is CC(C)Oc1ccc(C(=O)NCCS(=O)(=O)N2CCN(c3cccc(Cl)c3)CC2)cc1. The largest absolute Gasteiger partial charge is 0.491 e. The predicted molar refractivity (Wildman–Crippen MR) is 124 cm³/mol. The third kappa shape index (κ3) is 6.59. The van der Waals surface area contributed by atoms with Crippen LogP contribution in [0, 0.1) is 0 Å². The first-order valence-corrected chi connectivity index (χ1v) is 12.3. The van der Waals surface area contributed by atoms with Gasteiger partial charge in [-0.1, -0.05) is 17.7 Å². The lowest BCUT2D eigenvalue weighted by Gasteiger charge is -2.35. The van der Waals surface area contributed by atoms with Crippen LogP contribution in [0.2, 0.25) is 5.02 Å². The molecule has 0 spiro atoms. The average molecular weight is 466 g/mol. The molecule has 0 atom stereocenters. The Bertz CT molecular complexity index is 988. The lowest BCUT2D eigenvalue weighted by atomic mass is 10.2. The van der Waals surface area contributed by atoms with Crippen molar-refractivity contribution in [1.82, 2.24) is 9.62 Å². The molecular weight excluding hydrogens is 438 g/mol. The molecule has 1 amide bonds. The van der Waals surface area contributed by atoms with Gasteiger partial charge >= 0.3 is 0 Å². The van der Waals surface area contributed by atoms with Crippen LogP contribution < -0.4 is 15.0 Å². The van der Waals surface area contributed by atoms with Crippen LogP contribution in [0.4, 0.5) is 5.69 Å². The molecule has 168 valence electrons. The number of anilines is 1. The highest BCUT2D eigenvalue weighted by Gasteiger charge is 2.27. The Hall–Kier alpha value is -2.29. The summed E-state index contributed by atoms with van der Waals surface area (Å²) < 4.78 is 32.4. The summed E-state index contributed by atoms with van der Waals surface area (Å²) in [5.74, 6) is 0.243. The number of rotatable bonds is 8. The molecule has 0 saturated carbocycles. The second-order valence-electron chi connectivity index (χ2n) is 7.63. The van der Waals surface area contributed by atoms with Crippen LogP contribution in [0.1, 0.15) is 24.2 Å². The van der Waals surface area contributed by atoms with Gasteiger partial charge in [0.2, 0.25) is 10.0 Å². The van der Waals surface area contributed by atoms with Gasteiger partial charge in [-0.2, -0.15) is 4.31 Å². The Balaban J connectivity index is 1.46. The molecule has 0 bridgehead atoms. The Kier molecular flexibility index (Phi) is 7.80. The predicted octanol–water partition coefficient (Wildman–Crippen LogP) is 3.01. The minimum atomic E-state index is -3.45. The van der Waals surface area contributed by atoms with Crippen molar-refractivity contribution >= 4 is 33.2 Å². The minimum Gasteiger partial charge on any atom is -0.491 e. The number of piperazine rings is 1. The van der Waals surface area contributed by atoms with Gasteiger partial charge in [-0.25, -0.2) is 8.42 Å². The van der Waals surface area contributed by atoms with E-state index in [0.29, 0.717) is 42.5 Å². The van der Waals surface area contributed by atoms with Gasteiger partial charge in [-0.3, -0.25) is 4.79 Å². The Morgan fingerprint density at radius 1 is 1.10 bits per heavy atom. The Labute approximate surface area is 189 Å². The fraction of sp³-hybridized carbons (Fsp3) is 0.409. The number of ether oxygens (including phenoxy) is 1. The second-order valence-corrected chi connectivity index (χ2v) is 10.2. The summed E-state index contributed by atoms with van der Waals surface area (Å²) in [7, 11) is -3.45. The molecule has 31 heavy (non-hydrogen) atoms. The molecule has 7 nitrogen and oxygen atoms in total. The monoisotopic (exact) mass is 465 g/mol. The molecule has 0 radical (unpaired) electrons. The third-order valence-corrected chi connectivity index (χ3v) is 7.05. The van der Waals surface area contributed by atoms with Crippen molar-refractivity contribution < 1.29 is 17.9 Å². The molecule has 0 unspecified atom stereocenters. The van der Waals surface area contributed by atoms with E-state index in [0.717, 1.165) is 5.69 Å². The van der Waals surface area contributed by atoms with E-state index >= 15 is 0 Å². The maximum absolute atomic E-state index is 12.7. The van der Waals surface area contributed by atoms with Crippen molar-refractivity contribution in [3.8, 4) is 5.75 Å². The number of halogens is 1. The third-order valence-electron chi connectivity index (χ3n) is 4.94. The minimum absolute atomic E-state index is 0.0530. The van der Waals surface area contributed by atoms with Crippen LogP contribution in [0.25, 0.3) is 0 Å². The maximum atomic E-state index is 12.7. The molecule has 9 heteroatoms. The van der Waals surface area contributed by atoms with Crippen molar-refractivity contribution in [3.05, 3.63) is 59.1 Å². The lowest BCUT2D eigenvalue weighted by molar-refractivity contribution is 0.0956. The zero-order valence-electron chi connectivity index (χ0n) is 17.8. The fourth-order valence-corrected chi connectivity index (χ4v) is 4.90. The number of hydrogen-bond donors (Lipinski definition) is 1. The summed E-state index contributed by atoms with van der Waals surface area (Å²) in [5.41, 5.74) is 1.45. The van der Waals surface area contributed by atoms with Gasteiger partial charge in [0, 0.05) is 49.0 Å². The van der Waals surface area contributed by atoms with Gasteiger partial charge in [-0.15, -0.1) is 0 Å². The van der Waals surface area contributed by atoms with Gasteiger partial charge in [0.15, 0.2) is 0 Å². The van der Waals surface area contributed by atoms with E-state index in [-0.39, 0.29) is 24.3 Å². The van der Waals surface area contributed by atoms with Gasteiger partial charge < -0.3 is 15.0 Å². The number of hydrogen-bond acceptors (Lipinski definition) is 5. The summed E-state index contributed by atoms with van der Waals surface area (Å²) >= 11 is 6.05. The van der Waals surface area contributed by atoms with E-state index < -0.39 is 10.0 Å². The van der Waals surface area contributed by atoms with Crippen molar-refractivity contribution in [2.24, 2.45) is 0 Å².